The SMILES string of the molecule is O[C@@H](CCc1ccccc1)CCC1CCC(O)(O)C1. The van der Waals surface area contributed by atoms with Gasteiger partial charge in [0.2, 0.25) is 0 Å². The molecule has 0 heterocycles. The van der Waals surface area contributed by atoms with E-state index in [-0.39, 0.29) is 6.10 Å². The van der Waals surface area contributed by atoms with Crippen molar-refractivity contribution in [2.24, 2.45) is 5.92 Å². The summed E-state index contributed by atoms with van der Waals surface area (Å²) in [5.74, 6) is -1.11. The molecule has 0 saturated heterocycles. The maximum absolute atomic E-state index is 9.98. The molecular weight excluding hydrogens is 240 g/mol. The van der Waals surface area contributed by atoms with E-state index >= 15 is 0 Å². The maximum atomic E-state index is 9.98. The second-order valence-corrected chi connectivity index (χ2v) is 5.85. The van der Waals surface area contributed by atoms with Gasteiger partial charge in [0.1, 0.15) is 0 Å². The summed E-state index contributed by atoms with van der Waals surface area (Å²) in [7, 11) is 0. The van der Waals surface area contributed by atoms with Crippen LogP contribution in [0.15, 0.2) is 30.3 Å². The highest BCUT2D eigenvalue weighted by Crippen LogP contribution is 2.35. The Morgan fingerprint density at radius 3 is 2.53 bits per heavy atom. The Balaban J connectivity index is 1.64. The van der Waals surface area contributed by atoms with Gasteiger partial charge >= 0.3 is 0 Å². The second-order valence-electron chi connectivity index (χ2n) is 5.85. The van der Waals surface area contributed by atoms with Gasteiger partial charge in [-0.3, -0.25) is 0 Å². The summed E-state index contributed by atoms with van der Waals surface area (Å²) < 4.78 is 0. The minimum Gasteiger partial charge on any atom is -0.393 e. The topological polar surface area (TPSA) is 60.7 Å². The largest absolute Gasteiger partial charge is 0.393 e. The van der Waals surface area contributed by atoms with Gasteiger partial charge in [-0.15, -0.1) is 0 Å². The Morgan fingerprint density at radius 2 is 1.89 bits per heavy atom. The Labute approximate surface area is 114 Å². The van der Waals surface area contributed by atoms with Gasteiger partial charge in [-0.25, -0.2) is 0 Å². The molecule has 1 unspecified atom stereocenters. The van der Waals surface area contributed by atoms with Crippen LogP contribution in [-0.4, -0.2) is 27.2 Å². The van der Waals surface area contributed by atoms with E-state index in [1.807, 2.05) is 18.2 Å². The number of aliphatic hydroxyl groups is 3. The zero-order chi connectivity index (χ0) is 13.7. The van der Waals surface area contributed by atoms with E-state index < -0.39 is 5.79 Å². The monoisotopic (exact) mass is 264 g/mol. The van der Waals surface area contributed by atoms with Crippen molar-refractivity contribution < 1.29 is 15.3 Å². The Kier molecular flexibility index (Phi) is 4.97. The van der Waals surface area contributed by atoms with Crippen LogP contribution >= 0.6 is 0 Å². The zero-order valence-electron chi connectivity index (χ0n) is 11.3. The molecule has 3 N–H and O–H groups in total. The normalized spacial score (nSPS) is 23.4. The van der Waals surface area contributed by atoms with Gasteiger partial charge in [-0.05, 0) is 43.6 Å². The molecule has 0 radical (unpaired) electrons. The van der Waals surface area contributed by atoms with E-state index in [4.69, 9.17) is 0 Å². The fraction of sp³-hybridized carbons (Fsp3) is 0.625. The van der Waals surface area contributed by atoms with Gasteiger partial charge in [0.15, 0.2) is 5.79 Å². The van der Waals surface area contributed by atoms with Gasteiger partial charge in [0, 0.05) is 12.8 Å². The van der Waals surface area contributed by atoms with Crippen molar-refractivity contribution in [3.8, 4) is 0 Å². The summed E-state index contributed by atoms with van der Waals surface area (Å²) in [6.07, 6.45) is 4.82. The first-order valence-corrected chi connectivity index (χ1v) is 7.22. The molecule has 0 aliphatic heterocycles. The summed E-state index contributed by atoms with van der Waals surface area (Å²) in [5, 5.41) is 28.9. The Morgan fingerprint density at radius 1 is 1.16 bits per heavy atom. The fourth-order valence-electron chi connectivity index (χ4n) is 2.90. The molecule has 19 heavy (non-hydrogen) atoms. The minimum absolute atomic E-state index is 0.285. The summed E-state index contributed by atoms with van der Waals surface area (Å²) in [4.78, 5) is 0. The predicted molar refractivity (Wildman–Crippen MR) is 74.5 cm³/mol. The van der Waals surface area contributed by atoms with E-state index in [2.05, 4.69) is 12.1 Å². The molecule has 1 saturated carbocycles. The molecule has 0 bridgehead atoms. The number of rotatable bonds is 6. The lowest BCUT2D eigenvalue weighted by Crippen LogP contribution is -2.23. The van der Waals surface area contributed by atoms with Crippen molar-refractivity contribution >= 4 is 0 Å². The quantitative estimate of drug-likeness (QED) is 0.691. The lowest BCUT2D eigenvalue weighted by atomic mass is 9.96. The van der Waals surface area contributed by atoms with Crippen molar-refractivity contribution in [1.29, 1.82) is 0 Å². The summed E-state index contributed by atoms with van der Waals surface area (Å²) >= 11 is 0. The molecule has 106 valence electrons. The van der Waals surface area contributed by atoms with Crippen molar-refractivity contribution in [2.45, 2.75) is 56.8 Å². The summed E-state index contributed by atoms with van der Waals surface area (Å²) in [5.41, 5.74) is 1.26. The van der Waals surface area contributed by atoms with E-state index in [9.17, 15) is 15.3 Å². The third-order valence-corrected chi connectivity index (χ3v) is 4.09. The van der Waals surface area contributed by atoms with Gasteiger partial charge in [-0.1, -0.05) is 30.3 Å². The van der Waals surface area contributed by atoms with Gasteiger partial charge in [0.05, 0.1) is 6.10 Å². The van der Waals surface area contributed by atoms with Crippen molar-refractivity contribution in [3.63, 3.8) is 0 Å². The zero-order valence-corrected chi connectivity index (χ0v) is 11.3. The third-order valence-electron chi connectivity index (χ3n) is 4.09. The highest BCUT2D eigenvalue weighted by Gasteiger charge is 2.34. The van der Waals surface area contributed by atoms with Crippen LogP contribution in [0.3, 0.4) is 0 Å². The second kappa shape index (κ2) is 6.51. The molecule has 2 atom stereocenters. The molecule has 3 heteroatoms. The van der Waals surface area contributed by atoms with E-state index in [0.29, 0.717) is 18.8 Å². The number of hydrogen-bond donors (Lipinski definition) is 3. The number of aryl methyl sites for hydroxylation is 1. The molecule has 1 fully saturated rings. The lowest BCUT2D eigenvalue weighted by Gasteiger charge is -2.16. The van der Waals surface area contributed by atoms with E-state index in [1.165, 1.54) is 5.56 Å². The highest BCUT2D eigenvalue weighted by atomic mass is 16.5. The first-order chi connectivity index (χ1) is 9.05. The number of aliphatic hydroxyl groups excluding tert-OH is 1. The van der Waals surface area contributed by atoms with Gasteiger partial charge in [0.25, 0.3) is 0 Å². The third kappa shape index (κ3) is 4.94. The van der Waals surface area contributed by atoms with Gasteiger partial charge in [-0.2, -0.15) is 0 Å². The summed E-state index contributed by atoms with van der Waals surface area (Å²) in [6.45, 7) is 0. The van der Waals surface area contributed by atoms with Crippen LogP contribution in [0.2, 0.25) is 0 Å². The molecule has 1 aliphatic carbocycles. The molecule has 3 nitrogen and oxygen atoms in total. The van der Waals surface area contributed by atoms with Crippen LogP contribution in [0.25, 0.3) is 0 Å². The van der Waals surface area contributed by atoms with Gasteiger partial charge < -0.3 is 15.3 Å². The first-order valence-electron chi connectivity index (χ1n) is 7.22. The molecule has 1 aromatic carbocycles. The van der Waals surface area contributed by atoms with Crippen molar-refractivity contribution in [2.75, 3.05) is 0 Å². The summed E-state index contributed by atoms with van der Waals surface area (Å²) in [6, 6.07) is 10.2. The van der Waals surface area contributed by atoms with Crippen LogP contribution in [0.1, 0.15) is 44.1 Å². The molecule has 0 amide bonds. The van der Waals surface area contributed by atoms with Crippen molar-refractivity contribution in [3.05, 3.63) is 35.9 Å². The fourth-order valence-corrected chi connectivity index (χ4v) is 2.90. The molecule has 1 aliphatic rings. The molecule has 2 rings (SSSR count). The average Bonchev–Trinajstić information content (AvgIpc) is 2.75. The Bertz CT molecular complexity index is 375. The number of benzene rings is 1. The van der Waals surface area contributed by atoms with E-state index in [0.717, 1.165) is 32.1 Å². The molecule has 0 aromatic heterocycles. The van der Waals surface area contributed by atoms with Crippen LogP contribution in [0.4, 0.5) is 0 Å². The molecular formula is C16H24O3. The van der Waals surface area contributed by atoms with Crippen molar-refractivity contribution in [1.82, 2.24) is 0 Å². The standard InChI is InChI=1S/C16H24O3/c17-15(8-6-13-4-2-1-3-5-13)9-7-14-10-11-16(18,19)12-14/h1-5,14-15,17-19H,6-12H2/t14?,15-/m0/s1. The highest BCUT2D eigenvalue weighted by molar-refractivity contribution is 5.14. The van der Waals surface area contributed by atoms with Crippen LogP contribution in [0.5, 0.6) is 0 Å². The molecule has 0 spiro atoms. The molecule has 1 aromatic rings. The van der Waals surface area contributed by atoms with Crippen LogP contribution in [-0.2, 0) is 6.42 Å². The smallest absolute Gasteiger partial charge is 0.162 e. The Hall–Kier alpha value is -0.900. The maximum Gasteiger partial charge on any atom is 0.162 e. The predicted octanol–water partition coefficient (Wildman–Crippen LogP) is 2.24. The first kappa shape index (κ1) is 14.5. The minimum atomic E-state index is -1.46. The van der Waals surface area contributed by atoms with Crippen LogP contribution in [0, 0.1) is 5.92 Å². The average molecular weight is 264 g/mol. The van der Waals surface area contributed by atoms with E-state index in [1.54, 1.807) is 0 Å². The lowest BCUT2D eigenvalue weighted by molar-refractivity contribution is -0.155. The number of hydrogen-bond acceptors (Lipinski definition) is 3. The van der Waals surface area contributed by atoms with Crippen LogP contribution < -0.4 is 0 Å².